The van der Waals surface area contributed by atoms with Gasteiger partial charge in [-0.2, -0.15) is 4.98 Å². The minimum atomic E-state index is -0.736. The molecule has 13 nitrogen and oxygen atoms in total. The van der Waals surface area contributed by atoms with Gasteiger partial charge in [-0.3, -0.25) is 4.79 Å². The number of aromatic nitrogens is 4. The number of nitrogens with one attached hydrogen (secondary N) is 1. The number of nitrogens with zero attached hydrogens (tertiary/aromatic N) is 7. The molecule has 7 rings (SSSR count). The van der Waals surface area contributed by atoms with Crippen molar-refractivity contribution in [2.75, 3.05) is 43.1 Å². The van der Waals surface area contributed by atoms with E-state index in [1.165, 1.54) is 12.4 Å². The monoisotopic (exact) mass is 680 g/mol. The summed E-state index contributed by atoms with van der Waals surface area (Å²) in [5.41, 5.74) is -0.630. The molecule has 1 aromatic carbocycles. The molecule has 0 radical (unpaired) electrons. The maximum atomic E-state index is 14.9. The summed E-state index contributed by atoms with van der Waals surface area (Å²) in [6.07, 6.45) is 7.56. The fourth-order valence-corrected chi connectivity index (χ4v) is 6.91. The van der Waals surface area contributed by atoms with Crippen molar-refractivity contribution in [2.24, 2.45) is 0 Å². The predicted octanol–water partition coefficient (Wildman–Crippen LogP) is 4.54. The summed E-state index contributed by atoms with van der Waals surface area (Å²) in [4.78, 5) is 46.1. The summed E-state index contributed by atoms with van der Waals surface area (Å²) in [6, 6.07) is 3.39. The summed E-state index contributed by atoms with van der Waals surface area (Å²) < 4.78 is 45.7. The van der Waals surface area contributed by atoms with Crippen LogP contribution in [-0.2, 0) is 15.1 Å². The lowest BCUT2D eigenvalue weighted by molar-refractivity contribution is 0.0503. The van der Waals surface area contributed by atoms with E-state index >= 15 is 0 Å². The van der Waals surface area contributed by atoms with E-state index in [0.717, 1.165) is 56.7 Å². The van der Waals surface area contributed by atoms with Crippen LogP contribution in [0.3, 0.4) is 0 Å². The van der Waals surface area contributed by atoms with Crippen molar-refractivity contribution < 1.29 is 32.4 Å². The zero-order valence-corrected chi connectivity index (χ0v) is 28.2. The first kappa shape index (κ1) is 33.1. The minimum absolute atomic E-state index is 0.0484. The Bertz CT molecular complexity index is 1680. The lowest BCUT2D eigenvalue weighted by Crippen LogP contribution is -2.48. The molecule has 2 amide bonds. The minimum Gasteiger partial charge on any atom is -0.444 e. The molecule has 2 atom stereocenters. The van der Waals surface area contributed by atoms with Gasteiger partial charge in [-0.1, -0.05) is 5.16 Å². The molecule has 15 heteroatoms. The second kappa shape index (κ2) is 12.8. The van der Waals surface area contributed by atoms with Gasteiger partial charge in [0.05, 0.1) is 11.6 Å². The molecule has 4 heterocycles. The van der Waals surface area contributed by atoms with Crippen LogP contribution in [0.4, 0.5) is 25.5 Å². The fraction of sp³-hybridized carbons (Fsp3) is 0.588. The van der Waals surface area contributed by atoms with Crippen molar-refractivity contribution in [3.05, 3.63) is 59.2 Å². The molecule has 2 aromatic heterocycles. The molecule has 4 fully saturated rings. The Balaban J connectivity index is 1.02. The number of ether oxygens (including phenoxy) is 2. The van der Waals surface area contributed by atoms with Crippen molar-refractivity contribution in [1.82, 2.24) is 30.3 Å². The molecular formula is C34H42F2N8O5. The van der Waals surface area contributed by atoms with Gasteiger partial charge >= 0.3 is 12.1 Å². The Morgan fingerprint density at radius 3 is 2.35 bits per heavy atom. The molecule has 262 valence electrons. The van der Waals surface area contributed by atoms with Gasteiger partial charge < -0.3 is 34.0 Å². The van der Waals surface area contributed by atoms with Crippen molar-refractivity contribution in [3.8, 4) is 0 Å². The van der Waals surface area contributed by atoms with Crippen LogP contribution in [-0.4, -0.2) is 94.0 Å². The number of methoxy groups -OCH3 is 1. The standard InChI is InChI=1S/C34H42F2N8O5/c1-33(2,3)48-32(46)39-27-19-43(18-25(27)24-15-21(35)5-8-26(24)36)30-37-16-20(17-38-30)28(45)44(22-6-7-22)23-9-13-42(14-10-23)31-40-29(41-49-31)34(47-4)11-12-34/h5,8,15-17,22-23,25,27H,6-7,9-14,18-19H2,1-4H3,(H,39,46). The molecule has 4 aliphatic rings. The molecule has 2 saturated carbocycles. The third-order valence-electron chi connectivity index (χ3n) is 9.77. The van der Waals surface area contributed by atoms with E-state index in [9.17, 15) is 18.4 Å². The number of alkyl carbamates (subject to hydrolysis) is 1. The molecule has 2 aliphatic carbocycles. The van der Waals surface area contributed by atoms with Crippen LogP contribution in [0.25, 0.3) is 0 Å². The maximum Gasteiger partial charge on any atom is 0.407 e. The summed E-state index contributed by atoms with van der Waals surface area (Å²) in [5.74, 6) is -0.957. The molecular weight excluding hydrogens is 638 g/mol. The van der Waals surface area contributed by atoms with Crippen molar-refractivity contribution >= 4 is 24.0 Å². The number of carbonyl (C=O) groups is 2. The average molecular weight is 681 g/mol. The number of anilines is 2. The molecule has 3 aromatic rings. The Morgan fingerprint density at radius 1 is 1.02 bits per heavy atom. The van der Waals surface area contributed by atoms with Crippen molar-refractivity contribution in [1.29, 1.82) is 0 Å². The maximum absolute atomic E-state index is 14.9. The van der Waals surface area contributed by atoms with Crippen molar-refractivity contribution in [2.45, 2.75) is 94.5 Å². The number of piperidine rings is 1. The van der Waals surface area contributed by atoms with Crippen LogP contribution in [0, 0.1) is 11.6 Å². The quantitative estimate of drug-likeness (QED) is 0.341. The second-order valence-corrected chi connectivity index (χ2v) is 14.5. The summed E-state index contributed by atoms with van der Waals surface area (Å²) in [6.45, 7) is 7.05. The highest BCUT2D eigenvalue weighted by Crippen LogP contribution is 2.47. The zero-order valence-electron chi connectivity index (χ0n) is 28.2. The topological polar surface area (TPSA) is 139 Å². The third-order valence-corrected chi connectivity index (χ3v) is 9.77. The fourth-order valence-electron chi connectivity index (χ4n) is 6.91. The highest BCUT2D eigenvalue weighted by Gasteiger charge is 2.50. The van der Waals surface area contributed by atoms with Crippen LogP contribution >= 0.6 is 0 Å². The summed E-state index contributed by atoms with van der Waals surface area (Å²) in [5, 5.41) is 6.98. The normalized spacial score (nSPS) is 22.2. The van der Waals surface area contributed by atoms with E-state index in [-0.39, 0.29) is 36.6 Å². The number of hydrogen-bond donors (Lipinski definition) is 1. The first-order valence-corrected chi connectivity index (χ1v) is 16.9. The summed E-state index contributed by atoms with van der Waals surface area (Å²) in [7, 11) is 1.66. The largest absolute Gasteiger partial charge is 0.444 e. The van der Waals surface area contributed by atoms with E-state index in [0.29, 0.717) is 36.4 Å². The van der Waals surface area contributed by atoms with E-state index in [1.807, 2.05) is 4.90 Å². The van der Waals surface area contributed by atoms with Gasteiger partial charge in [0.1, 0.15) is 22.8 Å². The Hall–Kier alpha value is -4.40. The number of rotatable bonds is 9. The smallest absolute Gasteiger partial charge is 0.407 e. The number of carbonyl (C=O) groups excluding carboxylic acids is 2. The van der Waals surface area contributed by atoms with Gasteiger partial charge in [-0.05, 0) is 83.1 Å². The van der Waals surface area contributed by atoms with Gasteiger partial charge in [0, 0.05) is 63.7 Å². The SMILES string of the molecule is COC1(c2noc(N3CCC(N(C(=O)c4cnc(N5CC(NC(=O)OC(C)(C)C)C(c6cc(F)ccc6F)C5)nc4)C4CC4)CC3)n2)CC1. The van der Waals surface area contributed by atoms with Crippen LogP contribution < -0.4 is 15.1 Å². The highest BCUT2D eigenvalue weighted by molar-refractivity contribution is 5.94. The van der Waals surface area contributed by atoms with Crippen LogP contribution in [0.15, 0.2) is 35.1 Å². The predicted molar refractivity (Wildman–Crippen MR) is 173 cm³/mol. The van der Waals surface area contributed by atoms with Crippen LogP contribution in [0.1, 0.15) is 87.0 Å². The van der Waals surface area contributed by atoms with E-state index in [1.54, 1.807) is 32.8 Å². The van der Waals surface area contributed by atoms with Gasteiger partial charge in [0.25, 0.3) is 5.91 Å². The molecule has 0 bridgehead atoms. The van der Waals surface area contributed by atoms with E-state index in [4.69, 9.17) is 14.0 Å². The highest BCUT2D eigenvalue weighted by atomic mass is 19.1. The average Bonchev–Trinajstić information content (AvgIpc) is 3.98. The Kier molecular flexibility index (Phi) is 8.66. The third kappa shape index (κ3) is 7.03. The molecule has 2 unspecified atom stereocenters. The number of hydrogen-bond acceptors (Lipinski definition) is 11. The first-order chi connectivity index (χ1) is 23.4. The number of benzene rings is 1. The lowest BCUT2D eigenvalue weighted by Gasteiger charge is -2.38. The first-order valence-electron chi connectivity index (χ1n) is 16.9. The summed E-state index contributed by atoms with van der Waals surface area (Å²) >= 11 is 0. The van der Waals surface area contributed by atoms with E-state index < -0.39 is 40.9 Å². The number of halogens is 2. The number of amides is 2. The van der Waals surface area contributed by atoms with E-state index in [2.05, 4.69) is 30.3 Å². The van der Waals surface area contributed by atoms with Gasteiger partial charge in [-0.15, -0.1) is 0 Å². The molecule has 0 spiro atoms. The van der Waals surface area contributed by atoms with Crippen molar-refractivity contribution in [3.63, 3.8) is 0 Å². The molecule has 49 heavy (non-hydrogen) atoms. The molecule has 2 saturated heterocycles. The zero-order chi connectivity index (χ0) is 34.5. The molecule has 2 aliphatic heterocycles. The lowest BCUT2D eigenvalue weighted by atomic mass is 9.94. The Morgan fingerprint density at radius 2 is 1.71 bits per heavy atom. The van der Waals surface area contributed by atoms with Crippen LogP contribution in [0.2, 0.25) is 0 Å². The second-order valence-electron chi connectivity index (χ2n) is 14.5. The molecule has 1 N–H and O–H groups in total. The Labute approximate surface area is 283 Å². The van der Waals surface area contributed by atoms with Crippen LogP contribution in [0.5, 0.6) is 0 Å². The van der Waals surface area contributed by atoms with Gasteiger partial charge in [0.2, 0.25) is 11.8 Å². The van der Waals surface area contributed by atoms with Gasteiger partial charge in [0.15, 0.2) is 0 Å². The van der Waals surface area contributed by atoms with Gasteiger partial charge in [-0.25, -0.2) is 23.5 Å².